The van der Waals surface area contributed by atoms with Gasteiger partial charge < -0.3 is 10.5 Å². The Morgan fingerprint density at radius 3 is 2.44 bits per heavy atom. The Hall–Kier alpha value is -2.57. The molecule has 0 bridgehead atoms. The number of amides is 1. The second-order valence-electron chi connectivity index (χ2n) is 6.60. The molecule has 2 aromatic carbocycles. The molecule has 1 aliphatic heterocycles. The monoisotopic (exact) mass is 379 g/mol. The fourth-order valence-corrected chi connectivity index (χ4v) is 4.08. The van der Waals surface area contributed by atoms with Crippen molar-refractivity contribution in [3.8, 4) is 5.69 Å². The second kappa shape index (κ2) is 7.98. The minimum Gasteiger partial charge on any atom is -0.373 e. The first kappa shape index (κ1) is 17.8. The molecule has 1 aromatic heterocycles. The van der Waals surface area contributed by atoms with E-state index in [-0.39, 0.29) is 17.9 Å². The number of hydrogen-bond donors (Lipinski definition) is 1. The summed E-state index contributed by atoms with van der Waals surface area (Å²) in [5.41, 5.74) is 7.59. The minimum absolute atomic E-state index is 0.0522. The quantitative estimate of drug-likeness (QED) is 0.728. The van der Waals surface area contributed by atoms with Gasteiger partial charge in [-0.05, 0) is 60.9 Å². The Balaban J connectivity index is 1.41. The summed E-state index contributed by atoms with van der Waals surface area (Å²) in [5.74, 6) is -0.319. The van der Waals surface area contributed by atoms with Crippen molar-refractivity contribution in [3.05, 3.63) is 72.6 Å². The molecule has 2 heterocycles. The van der Waals surface area contributed by atoms with E-state index < -0.39 is 0 Å². The van der Waals surface area contributed by atoms with Crippen molar-refractivity contribution in [3.63, 3.8) is 0 Å². The number of carbonyl (C=O) groups is 1. The lowest BCUT2D eigenvalue weighted by atomic mass is 9.91. The summed E-state index contributed by atoms with van der Waals surface area (Å²) < 4.78 is 7.67. The SMILES string of the molecule is NC(=O)C1CCOC(c2ccc(Sc3ccc(-n4cccn4)cc3)cc2)C1. The molecule has 0 saturated carbocycles. The van der Waals surface area contributed by atoms with Gasteiger partial charge >= 0.3 is 0 Å². The van der Waals surface area contributed by atoms with Crippen LogP contribution in [0.25, 0.3) is 5.69 Å². The van der Waals surface area contributed by atoms with Gasteiger partial charge in [0.2, 0.25) is 5.91 Å². The van der Waals surface area contributed by atoms with Crippen LogP contribution in [0, 0.1) is 5.92 Å². The van der Waals surface area contributed by atoms with Gasteiger partial charge in [-0.3, -0.25) is 4.79 Å². The van der Waals surface area contributed by atoms with E-state index in [4.69, 9.17) is 10.5 Å². The summed E-state index contributed by atoms with van der Waals surface area (Å²) in [6.07, 6.45) is 5.03. The van der Waals surface area contributed by atoms with Gasteiger partial charge in [-0.25, -0.2) is 4.68 Å². The molecule has 4 rings (SSSR count). The summed E-state index contributed by atoms with van der Waals surface area (Å²) >= 11 is 1.71. The number of benzene rings is 2. The highest BCUT2D eigenvalue weighted by Crippen LogP contribution is 2.34. The molecule has 1 aliphatic rings. The third-order valence-electron chi connectivity index (χ3n) is 4.78. The number of nitrogens with two attached hydrogens (primary N) is 1. The Kier molecular flexibility index (Phi) is 5.27. The van der Waals surface area contributed by atoms with E-state index in [2.05, 4.69) is 53.6 Å². The molecule has 2 unspecified atom stereocenters. The van der Waals surface area contributed by atoms with E-state index in [0.717, 1.165) is 16.1 Å². The molecule has 2 N–H and O–H groups in total. The van der Waals surface area contributed by atoms with Crippen LogP contribution in [0.1, 0.15) is 24.5 Å². The van der Waals surface area contributed by atoms with Gasteiger partial charge in [-0.2, -0.15) is 5.10 Å². The molecular formula is C21H21N3O2S. The van der Waals surface area contributed by atoms with Crippen LogP contribution in [0.5, 0.6) is 0 Å². The van der Waals surface area contributed by atoms with Crippen molar-refractivity contribution < 1.29 is 9.53 Å². The molecule has 27 heavy (non-hydrogen) atoms. The fraction of sp³-hybridized carbons (Fsp3) is 0.238. The molecular weight excluding hydrogens is 358 g/mol. The summed E-state index contributed by atoms with van der Waals surface area (Å²) in [4.78, 5) is 13.8. The molecule has 6 heteroatoms. The lowest BCUT2D eigenvalue weighted by Crippen LogP contribution is -2.30. The highest BCUT2D eigenvalue weighted by molar-refractivity contribution is 7.99. The molecule has 1 fully saturated rings. The molecule has 3 aromatic rings. The summed E-state index contributed by atoms with van der Waals surface area (Å²) in [5, 5.41) is 4.24. The minimum atomic E-state index is -0.228. The van der Waals surface area contributed by atoms with Gasteiger partial charge in [0.15, 0.2) is 0 Å². The molecule has 2 atom stereocenters. The number of rotatable bonds is 5. The number of primary amides is 1. The summed E-state index contributed by atoms with van der Waals surface area (Å²) in [7, 11) is 0. The molecule has 1 amide bonds. The molecule has 1 saturated heterocycles. The molecule has 0 radical (unpaired) electrons. The van der Waals surface area contributed by atoms with E-state index in [0.29, 0.717) is 19.4 Å². The van der Waals surface area contributed by atoms with Crippen molar-refractivity contribution in [1.29, 1.82) is 0 Å². The Morgan fingerprint density at radius 1 is 1.11 bits per heavy atom. The normalized spacial score (nSPS) is 19.7. The zero-order chi connectivity index (χ0) is 18.6. The lowest BCUT2D eigenvalue weighted by Gasteiger charge is -2.28. The molecule has 5 nitrogen and oxygen atoms in total. The zero-order valence-corrected chi connectivity index (χ0v) is 15.6. The van der Waals surface area contributed by atoms with Gasteiger partial charge in [0.25, 0.3) is 0 Å². The van der Waals surface area contributed by atoms with E-state index >= 15 is 0 Å². The second-order valence-corrected chi connectivity index (χ2v) is 7.75. The topological polar surface area (TPSA) is 70.1 Å². The van der Waals surface area contributed by atoms with Crippen molar-refractivity contribution in [2.75, 3.05) is 6.61 Å². The lowest BCUT2D eigenvalue weighted by molar-refractivity contribution is -0.126. The standard InChI is InChI=1S/C21H21N3O2S/c22-21(25)16-10-13-26-20(14-16)15-2-6-18(7-3-15)27-19-8-4-17(5-9-19)24-12-1-11-23-24/h1-9,11-12,16,20H,10,13-14H2,(H2,22,25). The van der Waals surface area contributed by atoms with Gasteiger partial charge in [0, 0.05) is 34.7 Å². The Labute approximate surface area is 162 Å². The largest absolute Gasteiger partial charge is 0.373 e. The zero-order valence-electron chi connectivity index (χ0n) is 14.8. The summed E-state index contributed by atoms with van der Waals surface area (Å²) in [6, 6.07) is 18.6. The van der Waals surface area contributed by atoms with E-state index in [1.54, 1.807) is 18.0 Å². The average molecular weight is 379 g/mol. The van der Waals surface area contributed by atoms with E-state index in [9.17, 15) is 4.79 Å². The van der Waals surface area contributed by atoms with Gasteiger partial charge in [-0.1, -0.05) is 23.9 Å². The fourth-order valence-electron chi connectivity index (χ4n) is 3.26. The van der Waals surface area contributed by atoms with Crippen LogP contribution in [0.4, 0.5) is 0 Å². The highest BCUT2D eigenvalue weighted by atomic mass is 32.2. The highest BCUT2D eigenvalue weighted by Gasteiger charge is 2.27. The van der Waals surface area contributed by atoms with Gasteiger partial charge in [-0.15, -0.1) is 0 Å². The Morgan fingerprint density at radius 2 is 1.81 bits per heavy atom. The first-order valence-corrected chi connectivity index (χ1v) is 9.79. The van der Waals surface area contributed by atoms with Crippen molar-refractivity contribution in [1.82, 2.24) is 9.78 Å². The first-order valence-electron chi connectivity index (χ1n) is 8.98. The van der Waals surface area contributed by atoms with Crippen LogP contribution >= 0.6 is 11.8 Å². The maximum absolute atomic E-state index is 11.4. The maximum atomic E-state index is 11.4. The van der Waals surface area contributed by atoms with E-state index in [1.807, 2.05) is 16.9 Å². The predicted molar refractivity (Wildman–Crippen MR) is 105 cm³/mol. The number of ether oxygens (including phenoxy) is 1. The van der Waals surface area contributed by atoms with Crippen LogP contribution in [-0.4, -0.2) is 22.3 Å². The number of hydrogen-bond acceptors (Lipinski definition) is 4. The van der Waals surface area contributed by atoms with Crippen LogP contribution in [0.2, 0.25) is 0 Å². The van der Waals surface area contributed by atoms with Crippen LogP contribution in [0.15, 0.2) is 76.8 Å². The summed E-state index contributed by atoms with van der Waals surface area (Å²) in [6.45, 7) is 0.581. The predicted octanol–water partition coefficient (Wildman–Crippen LogP) is 3.98. The number of aromatic nitrogens is 2. The smallest absolute Gasteiger partial charge is 0.220 e. The number of carbonyl (C=O) groups excluding carboxylic acids is 1. The third kappa shape index (κ3) is 4.23. The van der Waals surface area contributed by atoms with Gasteiger partial charge in [0.05, 0.1) is 11.8 Å². The Bertz CT molecular complexity index is 892. The number of nitrogens with zero attached hydrogens (tertiary/aromatic N) is 2. The van der Waals surface area contributed by atoms with Gasteiger partial charge in [0.1, 0.15) is 0 Å². The van der Waals surface area contributed by atoms with E-state index in [1.165, 1.54) is 4.90 Å². The van der Waals surface area contributed by atoms with Crippen LogP contribution in [0.3, 0.4) is 0 Å². The average Bonchev–Trinajstić information content (AvgIpc) is 3.24. The maximum Gasteiger partial charge on any atom is 0.220 e. The molecule has 0 aliphatic carbocycles. The third-order valence-corrected chi connectivity index (χ3v) is 5.80. The van der Waals surface area contributed by atoms with Crippen molar-refractivity contribution >= 4 is 17.7 Å². The van der Waals surface area contributed by atoms with Crippen LogP contribution < -0.4 is 5.73 Å². The van der Waals surface area contributed by atoms with Crippen molar-refractivity contribution in [2.45, 2.75) is 28.7 Å². The van der Waals surface area contributed by atoms with Crippen molar-refractivity contribution in [2.24, 2.45) is 11.7 Å². The molecule has 138 valence electrons. The first-order chi connectivity index (χ1) is 13.2. The van der Waals surface area contributed by atoms with Crippen LogP contribution in [-0.2, 0) is 9.53 Å². The molecule has 0 spiro atoms.